The predicted octanol–water partition coefficient (Wildman–Crippen LogP) is 3.47. The van der Waals surface area contributed by atoms with Crippen molar-refractivity contribution in [2.75, 3.05) is 11.9 Å². The van der Waals surface area contributed by atoms with Crippen LogP contribution in [0.5, 0.6) is 0 Å². The van der Waals surface area contributed by atoms with Crippen LogP contribution in [-0.4, -0.2) is 18.4 Å². The van der Waals surface area contributed by atoms with Gasteiger partial charge in [0.25, 0.3) is 5.91 Å². The molecule has 0 fully saturated rings. The van der Waals surface area contributed by atoms with E-state index in [-0.39, 0.29) is 17.2 Å². The van der Waals surface area contributed by atoms with Crippen LogP contribution in [0.2, 0.25) is 4.34 Å². The van der Waals surface area contributed by atoms with Crippen LogP contribution in [0.1, 0.15) is 22.2 Å². The number of carbonyl (C=O) groups is 2. The number of nitrogens with one attached hydrogen (secondary N) is 2. The number of amides is 2. The quantitative estimate of drug-likeness (QED) is 0.875. The van der Waals surface area contributed by atoms with E-state index >= 15 is 0 Å². The summed E-state index contributed by atoms with van der Waals surface area (Å²) in [4.78, 5) is 24.1. The normalized spacial score (nSPS) is 10.3. The fraction of sp³-hybridized carbons (Fsp3) is 0.200. The zero-order valence-electron chi connectivity index (χ0n) is 11.8. The first kappa shape index (κ1) is 16.5. The predicted molar refractivity (Wildman–Crippen MR) is 86.1 cm³/mol. The number of hydrogen-bond donors (Lipinski definition) is 2. The second kappa shape index (κ2) is 7.38. The van der Waals surface area contributed by atoms with E-state index < -0.39 is 11.7 Å². The van der Waals surface area contributed by atoms with Gasteiger partial charge in [0.15, 0.2) is 0 Å². The Kier molecular flexibility index (Phi) is 5.51. The third-order valence-corrected chi connectivity index (χ3v) is 4.12. The van der Waals surface area contributed by atoms with Gasteiger partial charge in [-0.1, -0.05) is 11.6 Å². The van der Waals surface area contributed by atoms with E-state index in [1.165, 1.54) is 30.4 Å². The van der Waals surface area contributed by atoms with Gasteiger partial charge in [-0.25, -0.2) is 4.39 Å². The molecule has 0 atom stereocenters. The summed E-state index contributed by atoms with van der Waals surface area (Å²) in [7, 11) is 0. The van der Waals surface area contributed by atoms with Crippen LogP contribution in [-0.2, 0) is 11.2 Å². The molecule has 116 valence electrons. The maximum atomic E-state index is 13.5. The minimum Gasteiger partial charge on any atom is -0.352 e. The Morgan fingerprint density at radius 3 is 2.68 bits per heavy atom. The van der Waals surface area contributed by atoms with Crippen molar-refractivity contribution in [3.05, 3.63) is 50.9 Å². The van der Waals surface area contributed by atoms with Crippen molar-refractivity contribution >= 4 is 40.4 Å². The number of halogens is 2. The van der Waals surface area contributed by atoms with Crippen molar-refractivity contribution in [2.45, 2.75) is 13.3 Å². The van der Waals surface area contributed by atoms with Crippen LogP contribution in [0.4, 0.5) is 10.1 Å². The monoisotopic (exact) mass is 340 g/mol. The number of anilines is 1. The number of benzene rings is 1. The molecule has 1 aromatic heterocycles. The smallest absolute Gasteiger partial charge is 0.251 e. The molecular weight excluding hydrogens is 327 g/mol. The third-order valence-electron chi connectivity index (χ3n) is 2.83. The fourth-order valence-electron chi connectivity index (χ4n) is 1.84. The summed E-state index contributed by atoms with van der Waals surface area (Å²) in [5.41, 5.74) is 0.277. The van der Waals surface area contributed by atoms with E-state index in [1.807, 2.05) is 12.1 Å². The maximum absolute atomic E-state index is 13.5. The standard InChI is InChI=1S/C15H14ClFN2O2S/c1-9(20)19-13-8-10(2-4-12(13)17)15(21)18-7-6-11-3-5-14(16)22-11/h2-5,8H,6-7H2,1H3,(H,18,21)(H,19,20). The molecule has 0 saturated carbocycles. The van der Waals surface area contributed by atoms with E-state index in [1.54, 1.807) is 0 Å². The molecule has 0 unspecified atom stereocenters. The minimum absolute atomic E-state index is 0.00908. The van der Waals surface area contributed by atoms with Gasteiger partial charge in [-0.05, 0) is 36.8 Å². The molecule has 7 heteroatoms. The van der Waals surface area contributed by atoms with E-state index in [0.717, 1.165) is 10.9 Å². The van der Waals surface area contributed by atoms with Gasteiger partial charge in [0.1, 0.15) is 5.82 Å². The molecule has 4 nitrogen and oxygen atoms in total. The van der Waals surface area contributed by atoms with Crippen molar-refractivity contribution in [1.82, 2.24) is 5.32 Å². The fourth-order valence-corrected chi connectivity index (χ4v) is 2.93. The van der Waals surface area contributed by atoms with E-state index in [0.29, 0.717) is 17.3 Å². The molecule has 0 bridgehead atoms. The Balaban J connectivity index is 1.95. The Morgan fingerprint density at radius 2 is 2.05 bits per heavy atom. The van der Waals surface area contributed by atoms with E-state index in [2.05, 4.69) is 10.6 Å². The molecule has 0 radical (unpaired) electrons. The minimum atomic E-state index is -0.583. The van der Waals surface area contributed by atoms with Crippen LogP contribution in [0, 0.1) is 5.82 Å². The summed E-state index contributed by atoms with van der Waals surface area (Å²) < 4.78 is 14.2. The lowest BCUT2D eigenvalue weighted by Gasteiger charge is -2.08. The van der Waals surface area contributed by atoms with Gasteiger partial charge in [0.2, 0.25) is 5.91 Å². The third kappa shape index (κ3) is 4.54. The molecule has 0 saturated heterocycles. The van der Waals surface area contributed by atoms with Gasteiger partial charge in [-0.3, -0.25) is 9.59 Å². The Hall–Kier alpha value is -1.92. The lowest BCUT2D eigenvalue weighted by molar-refractivity contribution is -0.114. The van der Waals surface area contributed by atoms with Crippen LogP contribution in [0.25, 0.3) is 0 Å². The molecule has 0 aliphatic carbocycles. The maximum Gasteiger partial charge on any atom is 0.251 e. The highest BCUT2D eigenvalue weighted by molar-refractivity contribution is 7.16. The van der Waals surface area contributed by atoms with Crippen molar-refractivity contribution in [1.29, 1.82) is 0 Å². The van der Waals surface area contributed by atoms with Gasteiger partial charge in [0, 0.05) is 23.9 Å². The average molecular weight is 341 g/mol. The average Bonchev–Trinajstić information content (AvgIpc) is 2.86. The van der Waals surface area contributed by atoms with Gasteiger partial charge >= 0.3 is 0 Å². The first-order chi connectivity index (χ1) is 10.5. The number of carbonyl (C=O) groups excluding carboxylic acids is 2. The Morgan fingerprint density at radius 1 is 1.27 bits per heavy atom. The molecular formula is C15H14ClFN2O2S. The van der Waals surface area contributed by atoms with Crippen LogP contribution in [0.3, 0.4) is 0 Å². The van der Waals surface area contributed by atoms with E-state index in [9.17, 15) is 14.0 Å². The molecule has 2 aromatic rings. The molecule has 22 heavy (non-hydrogen) atoms. The van der Waals surface area contributed by atoms with Crippen molar-refractivity contribution in [3.8, 4) is 0 Å². The highest BCUT2D eigenvalue weighted by atomic mass is 35.5. The largest absolute Gasteiger partial charge is 0.352 e. The first-order valence-corrected chi connectivity index (χ1v) is 7.74. The van der Waals surface area contributed by atoms with Gasteiger partial charge in [-0.15, -0.1) is 11.3 Å². The SMILES string of the molecule is CC(=O)Nc1cc(C(=O)NCCc2ccc(Cl)s2)ccc1F. The Bertz CT molecular complexity index is 703. The molecule has 2 N–H and O–H groups in total. The van der Waals surface area contributed by atoms with Crippen molar-refractivity contribution in [3.63, 3.8) is 0 Å². The molecule has 2 rings (SSSR count). The van der Waals surface area contributed by atoms with Crippen LogP contribution in [0.15, 0.2) is 30.3 Å². The highest BCUT2D eigenvalue weighted by Gasteiger charge is 2.10. The van der Waals surface area contributed by atoms with Gasteiger partial charge in [-0.2, -0.15) is 0 Å². The number of hydrogen-bond acceptors (Lipinski definition) is 3. The lowest BCUT2D eigenvalue weighted by Crippen LogP contribution is -2.25. The summed E-state index contributed by atoms with van der Waals surface area (Å²) >= 11 is 7.30. The summed E-state index contributed by atoms with van der Waals surface area (Å²) in [5.74, 6) is -1.31. The second-order valence-electron chi connectivity index (χ2n) is 4.59. The van der Waals surface area contributed by atoms with Crippen molar-refractivity contribution in [2.24, 2.45) is 0 Å². The lowest BCUT2D eigenvalue weighted by atomic mass is 10.1. The summed E-state index contributed by atoms with van der Waals surface area (Å²) in [6.45, 7) is 1.72. The molecule has 1 heterocycles. The van der Waals surface area contributed by atoms with Crippen LogP contribution >= 0.6 is 22.9 Å². The number of rotatable bonds is 5. The summed E-state index contributed by atoms with van der Waals surface area (Å²) in [5, 5.41) is 5.09. The van der Waals surface area contributed by atoms with Gasteiger partial charge < -0.3 is 10.6 Å². The summed E-state index contributed by atoms with van der Waals surface area (Å²) in [6, 6.07) is 7.56. The molecule has 2 amide bonds. The van der Waals surface area contributed by atoms with E-state index in [4.69, 9.17) is 11.6 Å². The topological polar surface area (TPSA) is 58.2 Å². The molecule has 0 spiro atoms. The van der Waals surface area contributed by atoms with Crippen molar-refractivity contribution < 1.29 is 14.0 Å². The molecule has 0 aliphatic rings. The Labute approximate surface area is 136 Å². The zero-order valence-corrected chi connectivity index (χ0v) is 13.4. The number of thiophene rings is 1. The molecule has 1 aromatic carbocycles. The zero-order chi connectivity index (χ0) is 16.1. The molecule has 0 aliphatic heterocycles. The van der Waals surface area contributed by atoms with Gasteiger partial charge in [0.05, 0.1) is 10.0 Å². The highest BCUT2D eigenvalue weighted by Crippen LogP contribution is 2.21. The van der Waals surface area contributed by atoms with Crippen LogP contribution < -0.4 is 10.6 Å². The second-order valence-corrected chi connectivity index (χ2v) is 6.39. The summed E-state index contributed by atoms with van der Waals surface area (Å²) in [6.07, 6.45) is 0.670. The first-order valence-electron chi connectivity index (χ1n) is 6.55.